The van der Waals surface area contributed by atoms with Crippen molar-refractivity contribution in [3.05, 3.63) is 65.2 Å². The first-order valence-corrected chi connectivity index (χ1v) is 10.9. The number of likely N-dealkylation sites (N-methyl/N-ethyl adjacent to an activating group) is 1. The topological polar surface area (TPSA) is 59.1 Å². The Balaban J connectivity index is 1.27. The van der Waals surface area contributed by atoms with Crippen molar-refractivity contribution in [3.63, 3.8) is 0 Å². The molecule has 0 bridgehead atoms. The first-order valence-electron chi connectivity index (χ1n) is 10.9. The highest BCUT2D eigenvalue weighted by Crippen LogP contribution is 2.19. The van der Waals surface area contributed by atoms with E-state index in [1.807, 2.05) is 18.2 Å². The molecule has 1 atom stereocenters. The molecule has 1 saturated heterocycles. The molecule has 0 spiro atoms. The van der Waals surface area contributed by atoms with Gasteiger partial charge in [0.15, 0.2) is 0 Å². The second-order valence-corrected chi connectivity index (χ2v) is 8.46. The van der Waals surface area contributed by atoms with Gasteiger partial charge in [-0.25, -0.2) is 0 Å². The van der Waals surface area contributed by atoms with Crippen LogP contribution >= 0.6 is 0 Å². The minimum atomic E-state index is -0.583. The van der Waals surface area contributed by atoms with Crippen LogP contribution in [0.25, 0.3) is 0 Å². The number of β-amino-alcohol motifs (C(OH)–C–C–N with tert-alkyl or cyclic N) is 1. The molecule has 1 unspecified atom stereocenters. The maximum absolute atomic E-state index is 12.6. The first-order chi connectivity index (χ1) is 14.6. The lowest BCUT2D eigenvalue weighted by Gasteiger charge is -2.34. The van der Waals surface area contributed by atoms with E-state index in [1.54, 1.807) is 0 Å². The number of aliphatic hydroxyl groups excluding tert-OH is 1. The SMILES string of the molecule is CN1CCN(c2cccc(C(=O)NCC(O)CN3CCc4ccccc4C3)c2)CC1. The molecule has 2 aliphatic heterocycles. The Bertz CT molecular complexity index is 864. The Labute approximate surface area is 179 Å². The van der Waals surface area contributed by atoms with Crippen molar-refractivity contribution in [2.45, 2.75) is 19.1 Å². The number of hydrogen-bond donors (Lipinski definition) is 2. The van der Waals surface area contributed by atoms with Gasteiger partial charge in [0.2, 0.25) is 0 Å². The summed E-state index contributed by atoms with van der Waals surface area (Å²) in [6, 6.07) is 16.3. The highest BCUT2D eigenvalue weighted by molar-refractivity contribution is 5.95. The van der Waals surface area contributed by atoms with Crippen LogP contribution < -0.4 is 10.2 Å². The van der Waals surface area contributed by atoms with E-state index in [9.17, 15) is 9.90 Å². The van der Waals surface area contributed by atoms with Crippen molar-refractivity contribution < 1.29 is 9.90 Å². The molecule has 1 fully saturated rings. The van der Waals surface area contributed by atoms with E-state index < -0.39 is 6.10 Å². The molecule has 2 N–H and O–H groups in total. The zero-order chi connectivity index (χ0) is 20.9. The zero-order valence-electron chi connectivity index (χ0n) is 17.8. The van der Waals surface area contributed by atoms with Gasteiger partial charge in [0.05, 0.1) is 6.10 Å². The van der Waals surface area contributed by atoms with Crippen molar-refractivity contribution >= 4 is 11.6 Å². The molecule has 2 aromatic carbocycles. The van der Waals surface area contributed by atoms with Gasteiger partial charge < -0.3 is 20.2 Å². The molecular formula is C24H32N4O2. The number of fused-ring (bicyclic) bond motifs is 1. The molecule has 0 radical (unpaired) electrons. The molecule has 1 amide bonds. The summed E-state index contributed by atoms with van der Waals surface area (Å²) in [5.41, 5.74) is 4.46. The van der Waals surface area contributed by atoms with Gasteiger partial charge in [0.25, 0.3) is 5.91 Å². The molecule has 2 heterocycles. The maximum atomic E-state index is 12.6. The molecule has 2 aromatic rings. The van der Waals surface area contributed by atoms with Crippen LogP contribution in [0.1, 0.15) is 21.5 Å². The van der Waals surface area contributed by atoms with Crippen molar-refractivity contribution in [1.29, 1.82) is 0 Å². The van der Waals surface area contributed by atoms with Gasteiger partial charge in [-0.3, -0.25) is 9.69 Å². The largest absolute Gasteiger partial charge is 0.390 e. The number of hydrogen-bond acceptors (Lipinski definition) is 5. The Morgan fingerprint density at radius 1 is 1.03 bits per heavy atom. The molecule has 6 nitrogen and oxygen atoms in total. The molecule has 30 heavy (non-hydrogen) atoms. The van der Waals surface area contributed by atoms with Gasteiger partial charge in [-0.1, -0.05) is 30.3 Å². The zero-order valence-corrected chi connectivity index (χ0v) is 17.8. The van der Waals surface area contributed by atoms with Gasteiger partial charge in [0.1, 0.15) is 0 Å². The number of nitrogens with zero attached hydrogens (tertiary/aromatic N) is 3. The average Bonchev–Trinajstić information content (AvgIpc) is 2.78. The van der Waals surface area contributed by atoms with Gasteiger partial charge in [-0.05, 0) is 42.8 Å². The van der Waals surface area contributed by atoms with E-state index in [0.717, 1.165) is 51.4 Å². The Morgan fingerprint density at radius 3 is 2.60 bits per heavy atom. The number of nitrogens with one attached hydrogen (secondary N) is 1. The number of aliphatic hydroxyl groups is 1. The van der Waals surface area contributed by atoms with Gasteiger partial charge >= 0.3 is 0 Å². The first kappa shape index (κ1) is 20.8. The lowest BCUT2D eigenvalue weighted by atomic mass is 10.00. The Kier molecular flexibility index (Phi) is 6.67. The minimum Gasteiger partial charge on any atom is -0.390 e. The quantitative estimate of drug-likeness (QED) is 0.760. The molecule has 0 aliphatic carbocycles. The van der Waals surface area contributed by atoms with Crippen LogP contribution in [0.15, 0.2) is 48.5 Å². The minimum absolute atomic E-state index is 0.131. The number of benzene rings is 2. The van der Waals surface area contributed by atoms with Crippen molar-refractivity contribution in [2.24, 2.45) is 0 Å². The second-order valence-electron chi connectivity index (χ2n) is 8.46. The number of carbonyl (C=O) groups is 1. The van der Waals surface area contributed by atoms with Crippen LogP contribution in [-0.4, -0.2) is 79.8 Å². The molecule has 0 aromatic heterocycles. The third kappa shape index (κ3) is 5.19. The van der Waals surface area contributed by atoms with Crippen molar-refractivity contribution in [3.8, 4) is 0 Å². The van der Waals surface area contributed by atoms with Crippen LogP contribution in [0.3, 0.4) is 0 Å². The summed E-state index contributed by atoms with van der Waals surface area (Å²) in [5, 5.41) is 13.4. The number of anilines is 1. The second kappa shape index (κ2) is 9.60. The van der Waals surface area contributed by atoms with Crippen LogP contribution in [0.4, 0.5) is 5.69 Å². The highest BCUT2D eigenvalue weighted by atomic mass is 16.3. The molecular weight excluding hydrogens is 376 g/mol. The fourth-order valence-electron chi connectivity index (χ4n) is 4.29. The van der Waals surface area contributed by atoms with E-state index in [2.05, 4.69) is 57.4 Å². The lowest BCUT2D eigenvalue weighted by Crippen LogP contribution is -2.44. The highest BCUT2D eigenvalue weighted by Gasteiger charge is 2.19. The van der Waals surface area contributed by atoms with Crippen LogP contribution in [0.2, 0.25) is 0 Å². The number of carbonyl (C=O) groups excluding carboxylic acids is 1. The number of piperazine rings is 1. The van der Waals surface area contributed by atoms with Gasteiger partial charge in [-0.2, -0.15) is 0 Å². The van der Waals surface area contributed by atoms with Gasteiger partial charge in [0, 0.05) is 63.6 Å². The van der Waals surface area contributed by atoms with E-state index in [4.69, 9.17) is 0 Å². The lowest BCUT2D eigenvalue weighted by molar-refractivity contribution is 0.0842. The molecule has 2 aliphatic rings. The summed E-state index contributed by atoms with van der Waals surface area (Å²) in [6.45, 7) is 6.63. The molecule has 0 saturated carbocycles. The summed E-state index contributed by atoms with van der Waals surface area (Å²) in [5.74, 6) is -0.131. The number of amides is 1. The molecule has 4 rings (SSSR count). The van der Waals surface area contributed by atoms with Crippen LogP contribution in [-0.2, 0) is 13.0 Å². The Morgan fingerprint density at radius 2 is 1.80 bits per heavy atom. The summed E-state index contributed by atoms with van der Waals surface area (Å²) >= 11 is 0. The van der Waals surface area contributed by atoms with Crippen LogP contribution in [0.5, 0.6) is 0 Å². The van der Waals surface area contributed by atoms with Gasteiger partial charge in [-0.15, -0.1) is 0 Å². The van der Waals surface area contributed by atoms with E-state index in [1.165, 1.54) is 11.1 Å². The van der Waals surface area contributed by atoms with Crippen molar-refractivity contribution in [1.82, 2.24) is 15.1 Å². The molecule has 160 valence electrons. The third-order valence-corrected chi connectivity index (χ3v) is 6.15. The standard InChI is InChI=1S/C24H32N4O2/c1-26-11-13-28(14-12-26)22-8-4-7-20(15-22)24(30)25-16-23(29)18-27-10-9-19-5-2-3-6-21(19)17-27/h2-8,15,23,29H,9-14,16-18H2,1H3,(H,25,30). The van der Waals surface area contributed by atoms with Crippen molar-refractivity contribution in [2.75, 3.05) is 57.8 Å². The maximum Gasteiger partial charge on any atom is 0.251 e. The number of rotatable bonds is 6. The third-order valence-electron chi connectivity index (χ3n) is 6.15. The average molecular weight is 409 g/mol. The summed E-state index contributed by atoms with van der Waals surface area (Å²) in [4.78, 5) is 19.5. The van der Waals surface area contributed by atoms with E-state index in [0.29, 0.717) is 12.1 Å². The fraction of sp³-hybridized carbons (Fsp3) is 0.458. The summed E-state index contributed by atoms with van der Waals surface area (Å²) < 4.78 is 0. The monoisotopic (exact) mass is 408 g/mol. The normalized spacial score (nSPS) is 18.7. The fourth-order valence-corrected chi connectivity index (χ4v) is 4.29. The van der Waals surface area contributed by atoms with Crippen LogP contribution in [0, 0.1) is 0 Å². The van der Waals surface area contributed by atoms with E-state index in [-0.39, 0.29) is 12.5 Å². The predicted octanol–water partition coefficient (Wildman–Crippen LogP) is 1.59. The predicted molar refractivity (Wildman–Crippen MR) is 120 cm³/mol. The smallest absolute Gasteiger partial charge is 0.251 e. The molecule has 6 heteroatoms. The summed E-state index contributed by atoms with van der Waals surface area (Å²) in [7, 11) is 2.13. The Hall–Kier alpha value is -2.41. The van der Waals surface area contributed by atoms with E-state index >= 15 is 0 Å². The summed E-state index contributed by atoms with van der Waals surface area (Å²) in [6.07, 6.45) is 0.425.